The lowest BCUT2D eigenvalue weighted by molar-refractivity contribution is 0.0888. The number of hydrogen-bond donors (Lipinski definition) is 5. The van der Waals surface area contributed by atoms with Crippen LogP contribution in [0.25, 0.3) is 44.3 Å². The third-order valence-corrected chi connectivity index (χ3v) is 8.33. The van der Waals surface area contributed by atoms with Crippen molar-refractivity contribution in [2.75, 3.05) is 11.5 Å². The SMILES string of the molecule is Cn1cc(-c2cc3c(cn2)[nH]c2ncc(F)c(-c4ccc(C(=O)N[C@H]5CS(O)(O)C[C@@H]5O)cc4)c23)cn1. The maximum atomic E-state index is 15.2. The van der Waals surface area contributed by atoms with Crippen LogP contribution in [0.4, 0.5) is 4.39 Å². The summed E-state index contributed by atoms with van der Waals surface area (Å²) in [7, 11) is -1.08. The van der Waals surface area contributed by atoms with Crippen LogP contribution in [0.15, 0.2) is 55.1 Å². The zero-order valence-electron chi connectivity index (χ0n) is 19.6. The van der Waals surface area contributed by atoms with E-state index in [1.165, 1.54) is 0 Å². The zero-order chi connectivity index (χ0) is 25.9. The number of benzene rings is 1. The molecule has 1 amide bonds. The number of nitrogens with zero attached hydrogens (tertiary/aromatic N) is 4. The third kappa shape index (κ3) is 4.23. The van der Waals surface area contributed by atoms with Gasteiger partial charge in [-0.15, -0.1) is 0 Å². The monoisotopic (exact) mass is 522 g/mol. The molecular formula is C25H23FN6O4S. The summed E-state index contributed by atoms with van der Waals surface area (Å²) in [5.41, 5.74) is 3.92. The van der Waals surface area contributed by atoms with E-state index in [0.29, 0.717) is 38.9 Å². The number of aromatic amines is 1. The van der Waals surface area contributed by atoms with Gasteiger partial charge in [-0.3, -0.25) is 23.6 Å². The largest absolute Gasteiger partial charge is 0.389 e. The second-order valence-electron chi connectivity index (χ2n) is 9.21. The number of pyridine rings is 2. The Hall–Kier alpha value is -3.84. The molecule has 1 aliphatic rings. The quantitative estimate of drug-likeness (QED) is 0.242. The molecule has 1 aliphatic heterocycles. The topological polar surface area (TPSA) is 149 Å². The summed E-state index contributed by atoms with van der Waals surface area (Å²) in [6, 6.07) is 7.54. The number of amides is 1. The smallest absolute Gasteiger partial charge is 0.251 e. The average Bonchev–Trinajstić information content (AvgIpc) is 3.53. The van der Waals surface area contributed by atoms with Crippen LogP contribution in [-0.2, 0) is 7.05 Å². The number of fused-ring (bicyclic) bond motifs is 3. The second-order valence-corrected chi connectivity index (χ2v) is 11.5. The van der Waals surface area contributed by atoms with Gasteiger partial charge < -0.3 is 15.4 Å². The number of nitrogens with one attached hydrogen (secondary N) is 2. The minimum Gasteiger partial charge on any atom is -0.389 e. The first-order valence-electron chi connectivity index (χ1n) is 11.5. The Morgan fingerprint density at radius 1 is 1.14 bits per heavy atom. The molecule has 0 saturated carbocycles. The van der Waals surface area contributed by atoms with Crippen molar-refractivity contribution in [3.05, 3.63) is 66.5 Å². The molecule has 0 radical (unpaired) electrons. The summed E-state index contributed by atoms with van der Waals surface area (Å²) < 4.78 is 36.5. The van der Waals surface area contributed by atoms with Gasteiger partial charge in [0, 0.05) is 40.7 Å². The van der Waals surface area contributed by atoms with E-state index in [4.69, 9.17) is 0 Å². The van der Waals surface area contributed by atoms with Crippen LogP contribution >= 0.6 is 10.6 Å². The van der Waals surface area contributed by atoms with Crippen LogP contribution < -0.4 is 5.32 Å². The van der Waals surface area contributed by atoms with Crippen molar-refractivity contribution in [3.63, 3.8) is 0 Å². The first kappa shape index (κ1) is 23.6. The predicted octanol–water partition coefficient (Wildman–Crippen LogP) is 3.54. The van der Waals surface area contributed by atoms with E-state index in [1.54, 1.807) is 41.3 Å². The maximum Gasteiger partial charge on any atom is 0.251 e. The van der Waals surface area contributed by atoms with Gasteiger partial charge in [-0.1, -0.05) is 12.1 Å². The fraction of sp³-hybridized carbons (Fsp3) is 0.200. The Balaban J connectivity index is 1.37. The number of hydrogen-bond acceptors (Lipinski definition) is 7. The van der Waals surface area contributed by atoms with Gasteiger partial charge in [-0.2, -0.15) is 15.7 Å². The van der Waals surface area contributed by atoms with Crippen LogP contribution in [-0.4, -0.2) is 68.5 Å². The zero-order valence-corrected chi connectivity index (χ0v) is 20.4. The molecule has 190 valence electrons. The molecule has 2 atom stereocenters. The number of rotatable bonds is 4. The van der Waals surface area contributed by atoms with E-state index in [1.807, 2.05) is 19.3 Å². The Labute approximate surface area is 211 Å². The van der Waals surface area contributed by atoms with Gasteiger partial charge in [-0.25, -0.2) is 9.37 Å². The van der Waals surface area contributed by atoms with Gasteiger partial charge in [0.1, 0.15) is 11.5 Å². The molecule has 37 heavy (non-hydrogen) atoms. The molecule has 0 aliphatic carbocycles. The van der Waals surface area contributed by atoms with Gasteiger partial charge in [-0.05, 0) is 23.8 Å². The summed E-state index contributed by atoms with van der Waals surface area (Å²) in [5, 5.41) is 18.2. The minimum atomic E-state index is -2.90. The molecule has 12 heteroatoms. The molecule has 1 aromatic carbocycles. The standard InChI is InChI=1S/C25H23FN6O4S/c1-32-10-15(7-29-32)18-6-16-19(9-27-18)30-24-23(16)22(17(26)8-28-24)13-2-4-14(5-3-13)25(34)31-20-11-37(35,36)12-21(20)33/h2-10,20-21,33,35-36H,11-12H2,1H3,(H,28,30)(H,31,34)/t20-,21-/m0/s1. The molecule has 1 saturated heterocycles. The molecule has 6 rings (SSSR count). The van der Waals surface area contributed by atoms with E-state index in [9.17, 15) is 19.0 Å². The predicted molar refractivity (Wildman–Crippen MR) is 139 cm³/mol. The number of halogens is 1. The highest BCUT2D eigenvalue weighted by atomic mass is 32.3. The molecule has 0 unspecified atom stereocenters. The molecule has 0 spiro atoms. The molecule has 5 heterocycles. The van der Waals surface area contributed by atoms with Crippen molar-refractivity contribution in [1.29, 1.82) is 0 Å². The fourth-order valence-corrected chi connectivity index (χ4v) is 6.56. The van der Waals surface area contributed by atoms with Crippen LogP contribution in [0, 0.1) is 5.82 Å². The Bertz CT molecular complexity index is 1670. The number of H-pyrrole nitrogens is 1. The number of carbonyl (C=O) groups excluding carboxylic acids is 1. The highest BCUT2D eigenvalue weighted by Crippen LogP contribution is 2.45. The van der Waals surface area contributed by atoms with Crippen LogP contribution in [0.5, 0.6) is 0 Å². The maximum absolute atomic E-state index is 15.2. The summed E-state index contributed by atoms with van der Waals surface area (Å²) in [5.74, 6) is -1.22. The normalized spacial score (nSPS) is 19.9. The molecule has 5 N–H and O–H groups in total. The Kier molecular flexibility index (Phi) is 5.49. The second kappa shape index (κ2) is 8.63. The first-order chi connectivity index (χ1) is 17.7. The van der Waals surface area contributed by atoms with Crippen molar-refractivity contribution in [2.45, 2.75) is 12.1 Å². The van der Waals surface area contributed by atoms with Crippen molar-refractivity contribution in [2.24, 2.45) is 7.05 Å². The molecule has 4 aromatic heterocycles. The fourth-order valence-electron chi connectivity index (χ4n) is 4.76. The number of aliphatic hydroxyl groups is 1. The summed E-state index contributed by atoms with van der Waals surface area (Å²) in [6.07, 6.45) is 5.36. The molecule has 10 nitrogen and oxygen atoms in total. The number of carbonyl (C=O) groups is 1. The van der Waals surface area contributed by atoms with Gasteiger partial charge in [0.15, 0.2) is 0 Å². The van der Waals surface area contributed by atoms with Gasteiger partial charge in [0.2, 0.25) is 0 Å². The minimum absolute atomic E-state index is 0.0886. The molecule has 5 aromatic rings. The van der Waals surface area contributed by atoms with Crippen LogP contribution in [0.2, 0.25) is 0 Å². The summed E-state index contributed by atoms with van der Waals surface area (Å²) in [4.78, 5) is 24.6. The van der Waals surface area contributed by atoms with Crippen LogP contribution in [0.3, 0.4) is 0 Å². The van der Waals surface area contributed by atoms with Crippen molar-refractivity contribution >= 4 is 38.4 Å². The van der Waals surface area contributed by atoms with Crippen LogP contribution in [0.1, 0.15) is 10.4 Å². The van der Waals surface area contributed by atoms with E-state index >= 15 is 4.39 Å². The lowest BCUT2D eigenvalue weighted by atomic mass is 9.99. The highest BCUT2D eigenvalue weighted by Gasteiger charge is 2.37. The van der Waals surface area contributed by atoms with E-state index < -0.39 is 34.5 Å². The Morgan fingerprint density at radius 2 is 1.92 bits per heavy atom. The number of aliphatic hydroxyl groups excluding tert-OH is 1. The first-order valence-corrected chi connectivity index (χ1v) is 13.3. The molecule has 0 bridgehead atoms. The lowest BCUT2D eigenvalue weighted by Crippen LogP contribution is -2.42. The summed E-state index contributed by atoms with van der Waals surface area (Å²) in [6.45, 7) is 0. The highest BCUT2D eigenvalue weighted by molar-refractivity contribution is 8.24. The molecular weight excluding hydrogens is 499 g/mol. The van der Waals surface area contributed by atoms with Gasteiger partial charge in [0.05, 0.1) is 53.5 Å². The number of aryl methyl sites for hydroxylation is 1. The lowest BCUT2D eigenvalue weighted by Gasteiger charge is -2.25. The van der Waals surface area contributed by atoms with Gasteiger partial charge >= 0.3 is 0 Å². The average molecular weight is 523 g/mol. The molecule has 1 fully saturated rings. The number of aromatic nitrogens is 5. The van der Waals surface area contributed by atoms with Crippen molar-refractivity contribution < 1.29 is 23.4 Å². The van der Waals surface area contributed by atoms with Gasteiger partial charge in [0.25, 0.3) is 5.91 Å². The van der Waals surface area contributed by atoms with Crippen molar-refractivity contribution in [1.82, 2.24) is 30.0 Å². The van der Waals surface area contributed by atoms with Crippen molar-refractivity contribution in [3.8, 4) is 22.4 Å². The summed E-state index contributed by atoms with van der Waals surface area (Å²) >= 11 is 0. The van der Waals surface area contributed by atoms with E-state index in [0.717, 1.165) is 17.1 Å². The van der Waals surface area contributed by atoms with E-state index in [2.05, 4.69) is 25.4 Å². The van der Waals surface area contributed by atoms with E-state index in [-0.39, 0.29) is 11.5 Å². The third-order valence-electron chi connectivity index (χ3n) is 6.56. The Morgan fingerprint density at radius 3 is 2.59 bits per heavy atom.